The highest BCUT2D eigenvalue weighted by Crippen LogP contribution is 2.43. The highest BCUT2D eigenvalue weighted by Gasteiger charge is 2.34. The Morgan fingerprint density at radius 2 is 1.90 bits per heavy atom. The lowest BCUT2D eigenvalue weighted by molar-refractivity contribution is -0.121. The second-order valence-corrected chi connectivity index (χ2v) is 10.2. The second kappa shape index (κ2) is 8.73. The van der Waals surface area contributed by atoms with Gasteiger partial charge in [-0.2, -0.15) is 0 Å². The van der Waals surface area contributed by atoms with Crippen molar-refractivity contribution in [1.82, 2.24) is 9.88 Å². The van der Waals surface area contributed by atoms with Crippen molar-refractivity contribution in [3.63, 3.8) is 0 Å². The van der Waals surface area contributed by atoms with E-state index in [-0.39, 0.29) is 5.91 Å². The van der Waals surface area contributed by atoms with Gasteiger partial charge in [-0.1, -0.05) is 6.92 Å². The van der Waals surface area contributed by atoms with Crippen molar-refractivity contribution in [3.05, 3.63) is 43.8 Å². The number of aryl methyl sites for hydroxylation is 2. The highest BCUT2D eigenvalue weighted by molar-refractivity contribution is 7.12. The van der Waals surface area contributed by atoms with Gasteiger partial charge in [0.1, 0.15) is 5.78 Å². The van der Waals surface area contributed by atoms with E-state index < -0.39 is 0 Å². The first-order valence-electron chi connectivity index (χ1n) is 11.2. The van der Waals surface area contributed by atoms with Gasteiger partial charge in [-0.15, -0.1) is 11.3 Å². The van der Waals surface area contributed by atoms with Crippen LogP contribution in [-0.4, -0.2) is 35.2 Å². The summed E-state index contributed by atoms with van der Waals surface area (Å²) in [4.78, 5) is 34.2. The largest absolute Gasteiger partial charge is 0.481 e. The molecule has 0 N–H and O–H groups in total. The summed E-state index contributed by atoms with van der Waals surface area (Å²) in [6.45, 7) is 9.63. The van der Waals surface area contributed by atoms with E-state index in [0.717, 1.165) is 47.2 Å². The first kappa shape index (κ1) is 22.0. The summed E-state index contributed by atoms with van der Waals surface area (Å²) in [6.07, 6.45) is 4.25. The van der Waals surface area contributed by atoms with Crippen molar-refractivity contribution < 1.29 is 14.3 Å². The summed E-state index contributed by atoms with van der Waals surface area (Å²) in [7, 11) is 1.64. The van der Waals surface area contributed by atoms with Crippen LogP contribution in [-0.2, 0) is 17.8 Å². The molecule has 31 heavy (non-hydrogen) atoms. The predicted octanol–water partition coefficient (Wildman–Crippen LogP) is 5.14. The molecule has 1 saturated carbocycles. The first-order chi connectivity index (χ1) is 14.8. The number of ketones is 1. The summed E-state index contributed by atoms with van der Waals surface area (Å²) in [6, 6.07) is 2.04. The maximum Gasteiger partial charge on any atom is 0.255 e. The molecule has 2 aliphatic rings. The number of ether oxygens (including phenoxy) is 1. The van der Waals surface area contributed by atoms with Gasteiger partial charge in [-0.05, 0) is 62.6 Å². The normalized spacial score (nSPS) is 18.3. The van der Waals surface area contributed by atoms with Crippen molar-refractivity contribution in [2.75, 3.05) is 13.7 Å². The number of carbonyl (C=O) groups excluding carboxylic acids is 2. The Bertz CT molecular complexity index is 1020. The number of thiophene rings is 1. The van der Waals surface area contributed by atoms with Crippen LogP contribution in [0.5, 0.6) is 5.88 Å². The second-order valence-electron chi connectivity index (χ2n) is 9.10. The van der Waals surface area contributed by atoms with Crippen LogP contribution in [0.4, 0.5) is 0 Å². The molecule has 6 heteroatoms. The van der Waals surface area contributed by atoms with Crippen LogP contribution in [0.1, 0.15) is 81.0 Å². The van der Waals surface area contributed by atoms with Gasteiger partial charge in [-0.25, -0.2) is 4.98 Å². The van der Waals surface area contributed by atoms with Crippen molar-refractivity contribution in [2.45, 2.75) is 72.3 Å². The smallest absolute Gasteiger partial charge is 0.255 e. The van der Waals surface area contributed by atoms with E-state index in [1.54, 1.807) is 7.11 Å². The van der Waals surface area contributed by atoms with Gasteiger partial charge in [0.05, 0.1) is 19.2 Å². The molecular formula is C25H32N2O3S. The predicted molar refractivity (Wildman–Crippen MR) is 123 cm³/mol. The number of rotatable bonds is 5. The first-order valence-corrected chi connectivity index (χ1v) is 12.1. The summed E-state index contributed by atoms with van der Waals surface area (Å²) >= 11 is 1.82. The van der Waals surface area contributed by atoms with Gasteiger partial charge in [0.15, 0.2) is 0 Å². The molecule has 1 atom stereocenters. The zero-order valence-corrected chi connectivity index (χ0v) is 20.0. The number of hydrogen-bond donors (Lipinski definition) is 0. The van der Waals surface area contributed by atoms with Crippen LogP contribution in [0.15, 0.2) is 6.07 Å². The molecule has 4 rings (SSSR count). The Labute approximate surface area is 188 Å². The molecule has 166 valence electrons. The third kappa shape index (κ3) is 4.14. The van der Waals surface area contributed by atoms with Crippen molar-refractivity contribution >= 4 is 23.0 Å². The van der Waals surface area contributed by atoms with Crippen LogP contribution >= 0.6 is 11.3 Å². The molecule has 0 radical (unpaired) electrons. The third-order valence-electron chi connectivity index (χ3n) is 7.05. The fourth-order valence-corrected chi connectivity index (χ4v) is 6.62. The molecule has 0 spiro atoms. The average Bonchev–Trinajstić information content (AvgIpc) is 3.08. The molecular weight excluding hydrogens is 408 g/mol. The highest BCUT2D eigenvalue weighted by atomic mass is 32.1. The number of methoxy groups -OCH3 is 1. The van der Waals surface area contributed by atoms with Gasteiger partial charge in [0.2, 0.25) is 5.88 Å². The number of Topliss-reactive ketones (excluding diaryl/α,β-unsaturated/α-hetero) is 1. The fraction of sp³-hybridized carbons (Fsp3) is 0.560. The zero-order chi connectivity index (χ0) is 22.3. The van der Waals surface area contributed by atoms with Gasteiger partial charge < -0.3 is 9.64 Å². The van der Waals surface area contributed by atoms with E-state index in [0.29, 0.717) is 49.4 Å². The molecule has 0 bridgehead atoms. The SMILES string of the molecule is COc1nc(C)cc(C)c1CN1CCc2sc([C@H](C)C3CCC(=O)CC3)c(C)c2C1=O. The van der Waals surface area contributed by atoms with Crippen molar-refractivity contribution in [2.24, 2.45) is 5.92 Å². The summed E-state index contributed by atoms with van der Waals surface area (Å²) in [5.74, 6) is 2.06. The molecule has 0 aromatic carbocycles. The molecule has 2 aromatic rings. The van der Waals surface area contributed by atoms with Crippen LogP contribution < -0.4 is 4.74 Å². The lowest BCUT2D eigenvalue weighted by Gasteiger charge is -2.28. The minimum Gasteiger partial charge on any atom is -0.481 e. The molecule has 5 nitrogen and oxygen atoms in total. The number of carbonyl (C=O) groups is 2. The van der Waals surface area contributed by atoms with Gasteiger partial charge in [-0.3, -0.25) is 9.59 Å². The van der Waals surface area contributed by atoms with E-state index in [4.69, 9.17) is 4.74 Å². The summed E-state index contributed by atoms with van der Waals surface area (Å²) in [5, 5.41) is 0. The molecule has 1 amide bonds. The number of hydrogen-bond acceptors (Lipinski definition) is 5. The minimum absolute atomic E-state index is 0.120. The molecule has 0 unspecified atom stereocenters. The maximum absolute atomic E-state index is 13.5. The summed E-state index contributed by atoms with van der Waals surface area (Å²) in [5.41, 5.74) is 5.05. The van der Waals surface area contributed by atoms with Crippen LogP contribution in [0.3, 0.4) is 0 Å². The van der Waals surface area contributed by atoms with Crippen LogP contribution in [0, 0.1) is 26.7 Å². The van der Waals surface area contributed by atoms with Gasteiger partial charge in [0.25, 0.3) is 5.91 Å². The van der Waals surface area contributed by atoms with Gasteiger partial charge >= 0.3 is 0 Å². The van der Waals surface area contributed by atoms with E-state index in [9.17, 15) is 9.59 Å². The maximum atomic E-state index is 13.5. The Morgan fingerprint density at radius 3 is 2.58 bits per heavy atom. The lowest BCUT2D eigenvalue weighted by atomic mass is 9.79. The zero-order valence-electron chi connectivity index (χ0n) is 19.2. The fourth-order valence-electron chi connectivity index (χ4n) is 5.19. The lowest BCUT2D eigenvalue weighted by Crippen LogP contribution is -2.37. The summed E-state index contributed by atoms with van der Waals surface area (Å²) < 4.78 is 5.52. The van der Waals surface area contributed by atoms with Crippen LogP contribution in [0.2, 0.25) is 0 Å². The van der Waals surface area contributed by atoms with Gasteiger partial charge in [0, 0.05) is 46.8 Å². The van der Waals surface area contributed by atoms with Crippen LogP contribution in [0.25, 0.3) is 0 Å². The number of pyridine rings is 1. The van der Waals surface area contributed by atoms with E-state index in [2.05, 4.69) is 25.8 Å². The molecule has 2 aromatic heterocycles. The molecule has 0 saturated heterocycles. The Morgan fingerprint density at radius 1 is 1.19 bits per heavy atom. The Hall–Kier alpha value is -2.21. The van der Waals surface area contributed by atoms with Crippen molar-refractivity contribution in [3.8, 4) is 5.88 Å². The third-order valence-corrected chi connectivity index (χ3v) is 8.61. The molecule has 3 heterocycles. The Balaban J connectivity index is 1.58. The number of nitrogens with zero attached hydrogens (tertiary/aromatic N) is 2. The standard InChI is InChI=1S/C25H32N2O3S/c1-14-12-15(2)26-24(30-5)20(14)13-27-11-10-21-22(25(27)29)17(4)23(31-21)16(3)18-6-8-19(28)9-7-18/h12,16,18H,6-11,13H2,1-5H3/t16-/m1/s1. The van der Waals surface area contributed by atoms with Crippen molar-refractivity contribution in [1.29, 1.82) is 0 Å². The molecule has 1 aliphatic heterocycles. The monoisotopic (exact) mass is 440 g/mol. The average molecular weight is 441 g/mol. The van der Waals surface area contributed by atoms with E-state index >= 15 is 0 Å². The molecule has 1 aliphatic carbocycles. The number of amides is 1. The topological polar surface area (TPSA) is 59.5 Å². The Kier molecular flexibility index (Phi) is 6.20. The minimum atomic E-state index is 0.120. The number of fused-ring (bicyclic) bond motifs is 1. The molecule has 1 fully saturated rings. The number of aromatic nitrogens is 1. The quantitative estimate of drug-likeness (QED) is 0.646. The van der Waals surface area contributed by atoms with E-state index in [1.165, 1.54) is 9.75 Å². The van der Waals surface area contributed by atoms with E-state index in [1.807, 2.05) is 29.2 Å².